The van der Waals surface area contributed by atoms with E-state index in [1.54, 1.807) is 104 Å². The van der Waals surface area contributed by atoms with Crippen molar-refractivity contribution in [2.45, 2.75) is 127 Å². The van der Waals surface area contributed by atoms with Gasteiger partial charge in [-0.05, 0) is 148 Å². The number of sulfonamides is 4. The molecule has 8 atom stereocenters. The van der Waals surface area contributed by atoms with E-state index in [1.807, 2.05) is 125 Å². The Morgan fingerprint density at radius 3 is 0.667 bits per heavy atom. The molecule has 8 aromatic rings. The van der Waals surface area contributed by atoms with Gasteiger partial charge in [0.1, 0.15) is 68.4 Å². The summed E-state index contributed by atoms with van der Waals surface area (Å²) >= 11 is 0. The van der Waals surface area contributed by atoms with Crippen molar-refractivity contribution in [2.75, 3.05) is 54.9 Å². The Hall–Kier alpha value is -9.16. The summed E-state index contributed by atoms with van der Waals surface area (Å²) in [5, 5.41) is 6.48. The summed E-state index contributed by atoms with van der Waals surface area (Å²) in [6.45, 7) is 29.4. The van der Waals surface area contributed by atoms with E-state index in [-0.39, 0.29) is 52.6 Å². The standard InChI is InChI=1S/2C27H33N3O5S.2C11H17N3O3S/c2*1-6-15-35-26(27-28-16-20(2)17-29-27)21(3)36(31,32)30(18-22-7-11-24(33-4)12-8-22)19-23-9-13-25(34-5)14-10-23;2*1-4-5-17-10(9(3)18(12,15)16)11-13-6-8(2)7-14-11/h2*6-14,16-17,21,26H,1,15,18-19H2,2-5H3;2*4,6-7,9-10H,1,5H2,2-3H3,(H2,12,15,16)/t2*21-,26+;2*9-,10+/m1010/s1. The number of hydrogen-bond donors (Lipinski definition) is 2. The minimum Gasteiger partial charge on any atom is -0.497 e. The summed E-state index contributed by atoms with van der Waals surface area (Å²) in [6, 6.07) is 29.3. The van der Waals surface area contributed by atoms with E-state index in [1.165, 1.54) is 34.6 Å². The van der Waals surface area contributed by atoms with Gasteiger partial charge in [-0.25, -0.2) is 83.8 Å². The number of methoxy groups -OCH3 is 4. The highest BCUT2D eigenvalue weighted by atomic mass is 32.2. The number of aryl methyl sites for hydroxylation is 4. The second kappa shape index (κ2) is 43.7. The van der Waals surface area contributed by atoms with Crippen molar-refractivity contribution in [1.82, 2.24) is 48.5 Å². The van der Waals surface area contributed by atoms with Crippen molar-refractivity contribution in [1.29, 1.82) is 0 Å². The third-order valence-corrected chi connectivity index (χ3v) is 23.2. The van der Waals surface area contributed by atoms with Crippen LogP contribution in [-0.4, -0.2) is 158 Å². The summed E-state index contributed by atoms with van der Waals surface area (Å²) in [7, 11) is -8.87. The third-order valence-electron chi connectivity index (χ3n) is 16.3. The van der Waals surface area contributed by atoms with Crippen LogP contribution >= 0.6 is 0 Å². The molecular formula is C76H100N12O16S4. The van der Waals surface area contributed by atoms with Gasteiger partial charge in [-0.3, -0.25) is 0 Å². The second-order valence-electron chi connectivity index (χ2n) is 24.7. The summed E-state index contributed by atoms with van der Waals surface area (Å²) in [5.74, 6) is 4.02. The Morgan fingerprint density at radius 1 is 0.333 bits per heavy atom. The van der Waals surface area contributed by atoms with E-state index in [0.29, 0.717) is 46.3 Å². The smallest absolute Gasteiger partial charge is 0.220 e. The maximum Gasteiger partial charge on any atom is 0.220 e. The van der Waals surface area contributed by atoms with Crippen LogP contribution in [0.3, 0.4) is 0 Å². The quantitative estimate of drug-likeness (QED) is 0.0340. The van der Waals surface area contributed by atoms with Crippen molar-refractivity contribution < 1.29 is 71.6 Å². The third kappa shape index (κ3) is 27.8. The molecular weight excluding hydrogens is 1470 g/mol. The molecule has 4 N–H and O–H groups in total. The largest absolute Gasteiger partial charge is 0.497 e. The number of benzene rings is 4. The molecule has 0 saturated carbocycles. The first kappa shape index (κ1) is 89.5. The summed E-state index contributed by atoms with van der Waals surface area (Å²) in [5.41, 5.74) is 6.82. The average Bonchev–Trinajstić information content (AvgIpc) is 0.802. The van der Waals surface area contributed by atoms with Crippen LogP contribution in [0.4, 0.5) is 0 Å². The number of primary sulfonamides is 2. The SMILES string of the molecule is C=CCO[C@@H](c1ncc(C)cn1)[C@H](C)S(=O)(=O)N(Cc1ccc(OC)cc1)Cc1ccc(OC)cc1.C=CCO[C@@H](c1ncc(C)cn1)[C@H](C)S(N)(=O)=O.C=CCO[C@H](c1ncc(C)cn1)[C@@H](C)S(=O)(=O)N(Cc1ccc(OC)cc1)Cc1ccc(OC)cc1.C=CCO[C@H](c1ncc(C)cn1)[C@@H](C)S(N)(=O)=O. The molecule has 0 spiro atoms. The van der Waals surface area contributed by atoms with Gasteiger partial charge in [0.15, 0.2) is 23.3 Å². The van der Waals surface area contributed by atoms with Crippen molar-refractivity contribution in [3.8, 4) is 23.0 Å². The molecule has 28 nitrogen and oxygen atoms in total. The number of nitrogens with two attached hydrogens (primary N) is 2. The van der Waals surface area contributed by atoms with Crippen LogP contribution in [0.25, 0.3) is 0 Å². The van der Waals surface area contributed by atoms with Crippen LogP contribution in [0, 0.1) is 27.7 Å². The number of nitrogens with zero attached hydrogens (tertiary/aromatic N) is 10. The fraction of sp³-hybridized carbons (Fsp3) is 0.368. The Labute approximate surface area is 636 Å². The predicted octanol–water partition coefficient (Wildman–Crippen LogP) is 10.3. The van der Waals surface area contributed by atoms with Crippen molar-refractivity contribution in [3.05, 3.63) is 265 Å². The molecule has 108 heavy (non-hydrogen) atoms. The lowest BCUT2D eigenvalue weighted by Crippen LogP contribution is -2.40. The van der Waals surface area contributed by atoms with Crippen LogP contribution in [-0.2, 0) is 85.2 Å². The first-order valence-corrected chi connectivity index (χ1v) is 40.1. The van der Waals surface area contributed by atoms with Gasteiger partial charge in [0.2, 0.25) is 40.1 Å². The van der Waals surface area contributed by atoms with Gasteiger partial charge >= 0.3 is 0 Å². The molecule has 4 aromatic heterocycles. The fourth-order valence-corrected chi connectivity index (χ4v) is 14.3. The number of aromatic nitrogens is 8. The van der Waals surface area contributed by atoms with Gasteiger partial charge in [-0.15, -0.1) is 26.3 Å². The first-order valence-electron chi connectivity index (χ1n) is 33.9. The molecule has 0 unspecified atom stereocenters. The highest BCUT2D eigenvalue weighted by Gasteiger charge is 2.40. The molecule has 0 bridgehead atoms. The topological polar surface area (TPSA) is 372 Å². The highest BCUT2D eigenvalue weighted by Crippen LogP contribution is 2.32. The minimum atomic E-state index is -3.89. The van der Waals surface area contributed by atoms with Crippen LogP contribution in [0.5, 0.6) is 23.0 Å². The molecule has 0 aliphatic carbocycles. The Bertz CT molecular complexity index is 4150. The molecule has 0 fully saturated rings. The van der Waals surface area contributed by atoms with Gasteiger partial charge < -0.3 is 37.9 Å². The zero-order chi connectivity index (χ0) is 79.8. The van der Waals surface area contributed by atoms with Crippen molar-refractivity contribution in [3.63, 3.8) is 0 Å². The average molecular weight is 1570 g/mol. The van der Waals surface area contributed by atoms with E-state index < -0.39 is 85.5 Å². The molecule has 0 aliphatic rings. The van der Waals surface area contributed by atoms with E-state index in [9.17, 15) is 33.7 Å². The molecule has 4 heterocycles. The molecule has 8 rings (SSSR count). The molecule has 0 radical (unpaired) electrons. The normalized spacial score (nSPS) is 13.9. The lowest BCUT2D eigenvalue weighted by atomic mass is 10.2. The molecule has 0 saturated heterocycles. The van der Waals surface area contributed by atoms with Gasteiger partial charge in [0.05, 0.1) is 54.9 Å². The Kier molecular flexibility index (Phi) is 36.2. The number of hydrogen-bond acceptors (Lipinski definition) is 24. The Morgan fingerprint density at radius 2 is 0.509 bits per heavy atom. The van der Waals surface area contributed by atoms with Gasteiger partial charge in [0, 0.05) is 75.8 Å². The number of rotatable bonds is 38. The van der Waals surface area contributed by atoms with Crippen LogP contribution in [0.1, 0.15) is 120 Å². The van der Waals surface area contributed by atoms with E-state index in [4.69, 9.17) is 48.2 Å². The molecule has 584 valence electrons. The zero-order valence-corrected chi connectivity index (χ0v) is 66.3. The van der Waals surface area contributed by atoms with Gasteiger partial charge in [-0.1, -0.05) is 72.8 Å². The molecule has 0 amide bonds. The van der Waals surface area contributed by atoms with Gasteiger partial charge in [-0.2, -0.15) is 8.61 Å². The van der Waals surface area contributed by atoms with E-state index in [0.717, 1.165) is 44.5 Å². The second-order valence-corrected chi connectivity index (χ2v) is 33.1. The van der Waals surface area contributed by atoms with Crippen molar-refractivity contribution in [2.24, 2.45) is 10.3 Å². The first-order chi connectivity index (χ1) is 51.3. The minimum absolute atomic E-state index is 0.165. The summed E-state index contributed by atoms with van der Waals surface area (Å²) in [4.78, 5) is 33.7. The van der Waals surface area contributed by atoms with Crippen molar-refractivity contribution >= 4 is 40.1 Å². The van der Waals surface area contributed by atoms with E-state index >= 15 is 0 Å². The number of ether oxygens (including phenoxy) is 8. The summed E-state index contributed by atoms with van der Waals surface area (Å²) in [6.07, 6.45) is 15.8. The zero-order valence-electron chi connectivity index (χ0n) is 63.1. The van der Waals surface area contributed by atoms with Gasteiger partial charge in [0.25, 0.3) is 0 Å². The molecule has 0 aliphatic heterocycles. The fourth-order valence-electron chi connectivity index (χ4n) is 9.90. The molecule has 4 aromatic carbocycles. The van der Waals surface area contributed by atoms with Crippen LogP contribution < -0.4 is 29.2 Å². The van der Waals surface area contributed by atoms with Crippen LogP contribution in [0.2, 0.25) is 0 Å². The molecule has 32 heteroatoms. The maximum absolute atomic E-state index is 14.0. The highest BCUT2D eigenvalue weighted by molar-refractivity contribution is 7.90. The predicted molar refractivity (Wildman–Crippen MR) is 415 cm³/mol. The monoisotopic (exact) mass is 1560 g/mol. The van der Waals surface area contributed by atoms with E-state index in [2.05, 4.69) is 66.2 Å². The van der Waals surface area contributed by atoms with Crippen LogP contribution in [0.15, 0.2) is 197 Å². The summed E-state index contributed by atoms with van der Waals surface area (Å²) < 4.78 is 148. The maximum atomic E-state index is 14.0. The Balaban J connectivity index is 0.000000272. The lowest BCUT2D eigenvalue weighted by molar-refractivity contribution is 0.0653. The lowest BCUT2D eigenvalue weighted by Gasteiger charge is -2.30.